The molecular weight excluding hydrogens is 389 g/mol. The van der Waals surface area contributed by atoms with Crippen molar-refractivity contribution >= 4 is 37.9 Å². The van der Waals surface area contributed by atoms with Crippen LogP contribution in [0.5, 0.6) is 0 Å². The molecule has 1 aliphatic rings. The molecule has 6 nitrogen and oxygen atoms in total. The zero-order valence-corrected chi connectivity index (χ0v) is 14.5. The van der Waals surface area contributed by atoms with Gasteiger partial charge in [-0.1, -0.05) is 28.1 Å². The van der Waals surface area contributed by atoms with E-state index in [-0.39, 0.29) is 13.0 Å². The fourth-order valence-electron chi connectivity index (χ4n) is 2.64. The van der Waals surface area contributed by atoms with E-state index in [1.807, 2.05) is 24.3 Å². The van der Waals surface area contributed by atoms with Gasteiger partial charge in [-0.25, -0.2) is 0 Å². The Kier molecular flexibility index (Phi) is 4.01. The van der Waals surface area contributed by atoms with E-state index in [0.717, 1.165) is 15.7 Å². The van der Waals surface area contributed by atoms with Crippen molar-refractivity contribution in [1.29, 1.82) is 0 Å². The number of aryl methyl sites for hydroxylation is 1. The van der Waals surface area contributed by atoms with Gasteiger partial charge in [0.25, 0.3) is 0 Å². The molecule has 1 aliphatic heterocycles. The van der Waals surface area contributed by atoms with Gasteiger partial charge in [-0.05, 0) is 24.6 Å². The van der Waals surface area contributed by atoms with Crippen molar-refractivity contribution in [2.45, 2.75) is 18.6 Å². The van der Waals surface area contributed by atoms with Crippen molar-refractivity contribution in [2.75, 3.05) is 11.4 Å². The van der Waals surface area contributed by atoms with Crippen LogP contribution in [0.3, 0.4) is 0 Å². The number of carbonyl (C=O) groups is 1. The first-order valence-electron chi connectivity index (χ1n) is 6.82. The Morgan fingerprint density at radius 3 is 2.57 bits per heavy atom. The molecule has 2 heterocycles. The summed E-state index contributed by atoms with van der Waals surface area (Å²) in [6.45, 7) is 1.57. The summed E-state index contributed by atoms with van der Waals surface area (Å²) in [6, 6.07) is 7.42. The van der Waals surface area contributed by atoms with Gasteiger partial charge in [0.15, 0.2) is 5.82 Å². The van der Waals surface area contributed by atoms with Crippen LogP contribution in [-0.2, 0) is 15.0 Å². The number of hydrogen-bond acceptors (Lipinski definition) is 4. The molecular formula is C14H13BrFN3O3S. The van der Waals surface area contributed by atoms with Crippen molar-refractivity contribution in [3.63, 3.8) is 0 Å². The molecule has 122 valence electrons. The Balaban J connectivity index is 2.02. The van der Waals surface area contributed by atoms with Crippen molar-refractivity contribution < 1.29 is 17.1 Å². The first-order valence-corrected chi connectivity index (χ1v) is 9.06. The molecule has 0 spiro atoms. The summed E-state index contributed by atoms with van der Waals surface area (Å²) < 4.78 is 36.2. The molecule has 1 aromatic heterocycles. The van der Waals surface area contributed by atoms with Gasteiger partial charge in [0.1, 0.15) is 5.25 Å². The minimum absolute atomic E-state index is 0.231. The molecule has 0 bridgehead atoms. The average Bonchev–Trinajstić information content (AvgIpc) is 3.03. The van der Waals surface area contributed by atoms with Gasteiger partial charge >= 0.3 is 10.2 Å². The lowest BCUT2D eigenvalue weighted by Gasteiger charge is -2.15. The standard InChI is InChI=1S/C14H13BrFN3O3S/c1-8-13(9-2-4-10(15)5-3-9)14(18-17-8)19-7-11(6-12(19)20)23(16,21)22/h2-5,11H,6-7H2,1H3,(H,17,18). The summed E-state index contributed by atoms with van der Waals surface area (Å²) in [6.07, 6.45) is -0.371. The van der Waals surface area contributed by atoms with Crippen LogP contribution in [0.25, 0.3) is 11.1 Å². The van der Waals surface area contributed by atoms with Crippen LogP contribution in [0.4, 0.5) is 9.70 Å². The van der Waals surface area contributed by atoms with Gasteiger partial charge in [0.05, 0.1) is 0 Å². The molecule has 23 heavy (non-hydrogen) atoms. The number of nitrogens with one attached hydrogen (secondary N) is 1. The first-order chi connectivity index (χ1) is 10.8. The number of rotatable bonds is 3. The molecule has 2 aromatic rings. The largest absolute Gasteiger partial charge is 0.307 e. The molecule has 1 amide bonds. The summed E-state index contributed by atoms with van der Waals surface area (Å²) in [5, 5.41) is 5.57. The predicted octanol–water partition coefficient (Wildman–Crippen LogP) is 2.55. The van der Waals surface area contributed by atoms with Crippen molar-refractivity contribution in [3.8, 4) is 11.1 Å². The lowest BCUT2D eigenvalue weighted by atomic mass is 10.1. The predicted molar refractivity (Wildman–Crippen MR) is 87.2 cm³/mol. The van der Waals surface area contributed by atoms with E-state index < -0.39 is 21.4 Å². The Morgan fingerprint density at radius 1 is 1.35 bits per heavy atom. The van der Waals surface area contributed by atoms with Crippen LogP contribution in [0.2, 0.25) is 0 Å². The van der Waals surface area contributed by atoms with Crippen LogP contribution < -0.4 is 4.90 Å². The van der Waals surface area contributed by atoms with Crippen LogP contribution in [0, 0.1) is 6.92 Å². The van der Waals surface area contributed by atoms with E-state index >= 15 is 0 Å². The van der Waals surface area contributed by atoms with Gasteiger partial charge in [0, 0.05) is 28.7 Å². The van der Waals surface area contributed by atoms with Crippen molar-refractivity contribution in [3.05, 3.63) is 34.4 Å². The zero-order chi connectivity index (χ0) is 16.8. The molecule has 1 aromatic carbocycles. The van der Waals surface area contributed by atoms with Gasteiger partial charge in [-0.2, -0.15) is 13.5 Å². The molecule has 3 rings (SSSR count). The topological polar surface area (TPSA) is 83.1 Å². The highest BCUT2D eigenvalue weighted by Gasteiger charge is 2.41. The molecule has 0 saturated carbocycles. The maximum absolute atomic E-state index is 13.2. The monoisotopic (exact) mass is 401 g/mol. The second-order valence-corrected chi connectivity index (χ2v) is 7.89. The second-order valence-electron chi connectivity index (χ2n) is 5.36. The number of anilines is 1. The molecule has 0 aliphatic carbocycles. The number of benzene rings is 1. The Labute approximate surface area is 141 Å². The smallest absolute Gasteiger partial charge is 0.293 e. The van der Waals surface area contributed by atoms with Gasteiger partial charge in [-0.15, -0.1) is 3.89 Å². The van der Waals surface area contributed by atoms with Gasteiger partial charge in [-0.3, -0.25) is 14.8 Å². The number of amides is 1. The molecule has 1 N–H and O–H groups in total. The van der Waals surface area contributed by atoms with Crippen LogP contribution >= 0.6 is 15.9 Å². The molecule has 1 unspecified atom stereocenters. The number of halogens is 2. The SMILES string of the molecule is Cc1[nH]nc(N2CC(S(=O)(=O)F)CC2=O)c1-c1ccc(Br)cc1. The third-order valence-electron chi connectivity index (χ3n) is 3.80. The summed E-state index contributed by atoms with van der Waals surface area (Å²) in [5.41, 5.74) is 2.26. The van der Waals surface area contributed by atoms with Crippen LogP contribution in [-0.4, -0.2) is 36.3 Å². The molecule has 1 atom stereocenters. The van der Waals surface area contributed by atoms with E-state index in [4.69, 9.17) is 0 Å². The maximum Gasteiger partial charge on any atom is 0.307 e. The van der Waals surface area contributed by atoms with E-state index in [9.17, 15) is 17.1 Å². The lowest BCUT2D eigenvalue weighted by Crippen LogP contribution is -2.27. The normalized spacial score (nSPS) is 18.7. The number of nitrogens with zero attached hydrogens (tertiary/aromatic N) is 2. The van der Waals surface area contributed by atoms with E-state index in [1.165, 1.54) is 4.90 Å². The lowest BCUT2D eigenvalue weighted by molar-refractivity contribution is -0.117. The Bertz CT molecular complexity index is 864. The Morgan fingerprint density at radius 2 is 2.00 bits per heavy atom. The fraction of sp³-hybridized carbons (Fsp3) is 0.286. The highest BCUT2D eigenvalue weighted by atomic mass is 79.9. The Hall–Kier alpha value is -1.74. The average molecular weight is 402 g/mol. The quantitative estimate of drug-likeness (QED) is 0.800. The van der Waals surface area contributed by atoms with Crippen molar-refractivity contribution in [2.24, 2.45) is 0 Å². The number of carbonyl (C=O) groups excluding carboxylic acids is 1. The van der Waals surface area contributed by atoms with Gasteiger partial charge in [0.2, 0.25) is 5.91 Å². The molecule has 9 heteroatoms. The third kappa shape index (κ3) is 3.02. The van der Waals surface area contributed by atoms with E-state index in [2.05, 4.69) is 26.1 Å². The zero-order valence-electron chi connectivity index (χ0n) is 12.1. The molecule has 1 saturated heterocycles. The highest BCUT2D eigenvalue weighted by Crippen LogP contribution is 2.35. The summed E-state index contributed by atoms with van der Waals surface area (Å²) in [7, 11) is -4.76. The second kappa shape index (κ2) is 5.72. The minimum Gasteiger partial charge on any atom is -0.293 e. The van der Waals surface area contributed by atoms with E-state index in [0.29, 0.717) is 11.4 Å². The van der Waals surface area contributed by atoms with E-state index in [1.54, 1.807) is 6.92 Å². The maximum atomic E-state index is 13.2. The summed E-state index contributed by atoms with van der Waals surface area (Å²) >= 11 is 3.35. The number of aromatic nitrogens is 2. The first kappa shape index (κ1) is 16.1. The minimum atomic E-state index is -4.76. The molecule has 0 radical (unpaired) electrons. The van der Waals surface area contributed by atoms with Crippen molar-refractivity contribution in [1.82, 2.24) is 10.2 Å². The number of hydrogen-bond donors (Lipinski definition) is 1. The van der Waals surface area contributed by atoms with Crippen LogP contribution in [0.15, 0.2) is 28.7 Å². The van der Waals surface area contributed by atoms with Crippen LogP contribution in [0.1, 0.15) is 12.1 Å². The third-order valence-corrected chi connectivity index (χ3v) is 5.45. The summed E-state index contributed by atoms with van der Waals surface area (Å²) in [5.74, 6) is -0.137. The van der Waals surface area contributed by atoms with Gasteiger partial charge < -0.3 is 0 Å². The number of aromatic amines is 1. The summed E-state index contributed by atoms with van der Waals surface area (Å²) in [4.78, 5) is 13.3. The fourth-order valence-corrected chi connectivity index (χ4v) is 3.58. The highest BCUT2D eigenvalue weighted by molar-refractivity contribution is 9.10. The molecule has 1 fully saturated rings. The number of H-pyrrole nitrogens is 1.